The van der Waals surface area contributed by atoms with Gasteiger partial charge in [0.15, 0.2) is 0 Å². The first kappa shape index (κ1) is 13.3. The lowest BCUT2D eigenvalue weighted by Gasteiger charge is -2.12. The van der Waals surface area contributed by atoms with Gasteiger partial charge < -0.3 is 5.11 Å². The summed E-state index contributed by atoms with van der Waals surface area (Å²) in [5.74, 6) is 3.10. The molecule has 0 aromatic heterocycles. The second-order valence-electron chi connectivity index (χ2n) is 3.98. The van der Waals surface area contributed by atoms with Crippen LogP contribution in [0.5, 0.6) is 0 Å². The Bertz CT molecular complexity index is 104. The van der Waals surface area contributed by atoms with Crippen molar-refractivity contribution >= 4 is 11.8 Å². The zero-order valence-electron chi connectivity index (χ0n) is 9.25. The van der Waals surface area contributed by atoms with Crippen LogP contribution in [0.4, 0.5) is 0 Å². The van der Waals surface area contributed by atoms with Gasteiger partial charge >= 0.3 is 0 Å². The molecule has 2 heteroatoms. The quantitative estimate of drug-likeness (QED) is 0.612. The fourth-order valence-electron chi connectivity index (χ4n) is 1.39. The maximum Gasteiger partial charge on any atom is 0.0542 e. The molecule has 1 atom stereocenters. The first-order chi connectivity index (χ1) is 6.16. The van der Waals surface area contributed by atoms with Gasteiger partial charge in [0.25, 0.3) is 0 Å². The molecule has 0 aromatic carbocycles. The molecular weight excluding hydrogens is 180 g/mol. The Hall–Kier alpha value is 0.310. The minimum absolute atomic E-state index is 0.0633. The van der Waals surface area contributed by atoms with E-state index in [1.807, 2.05) is 11.8 Å². The lowest BCUT2D eigenvalue weighted by molar-refractivity contribution is 0.137. The first-order valence-corrected chi connectivity index (χ1v) is 6.58. The topological polar surface area (TPSA) is 20.2 Å². The average Bonchev–Trinajstić information content (AvgIpc) is 2.02. The molecule has 0 rings (SSSR count). The maximum atomic E-state index is 9.57. The van der Waals surface area contributed by atoms with E-state index in [4.69, 9.17) is 0 Å². The number of thioether (sulfide) groups is 1. The second kappa shape index (κ2) is 8.89. The molecule has 0 fully saturated rings. The zero-order chi connectivity index (χ0) is 10.1. The van der Waals surface area contributed by atoms with E-state index in [-0.39, 0.29) is 6.10 Å². The van der Waals surface area contributed by atoms with Gasteiger partial charge in [-0.15, -0.1) is 0 Å². The van der Waals surface area contributed by atoms with Gasteiger partial charge in [-0.25, -0.2) is 0 Å². The highest BCUT2D eigenvalue weighted by molar-refractivity contribution is 7.99. The fraction of sp³-hybridized carbons (Fsp3) is 1.00. The molecule has 0 aromatic rings. The number of hydrogen-bond acceptors (Lipinski definition) is 2. The number of unbranched alkanes of at least 4 members (excludes halogenated alkanes) is 1. The van der Waals surface area contributed by atoms with Crippen molar-refractivity contribution in [1.29, 1.82) is 0 Å². The Morgan fingerprint density at radius 1 is 1.23 bits per heavy atom. The van der Waals surface area contributed by atoms with Crippen LogP contribution in [0.25, 0.3) is 0 Å². The van der Waals surface area contributed by atoms with Gasteiger partial charge in [-0.05, 0) is 36.7 Å². The summed E-state index contributed by atoms with van der Waals surface area (Å²) in [6.07, 6.45) is 4.32. The van der Waals surface area contributed by atoms with E-state index in [9.17, 15) is 5.11 Å². The number of aliphatic hydroxyl groups excluding tert-OH is 1. The zero-order valence-corrected chi connectivity index (χ0v) is 10.1. The van der Waals surface area contributed by atoms with Crippen LogP contribution in [0.1, 0.15) is 46.5 Å². The van der Waals surface area contributed by atoms with Crippen molar-refractivity contribution in [3.8, 4) is 0 Å². The van der Waals surface area contributed by atoms with Crippen LogP contribution in [0.15, 0.2) is 0 Å². The van der Waals surface area contributed by atoms with Gasteiger partial charge in [0.2, 0.25) is 0 Å². The summed E-state index contributed by atoms with van der Waals surface area (Å²) in [6.45, 7) is 6.52. The van der Waals surface area contributed by atoms with E-state index in [2.05, 4.69) is 20.8 Å². The average molecular weight is 204 g/mol. The molecule has 0 aliphatic carbocycles. The number of hydrogen-bond donors (Lipinski definition) is 1. The molecule has 0 saturated heterocycles. The molecule has 1 N–H and O–H groups in total. The van der Waals surface area contributed by atoms with Crippen molar-refractivity contribution in [3.05, 3.63) is 0 Å². The summed E-state index contributed by atoms with van der Waals surface area (Å²) in [5, 5.41) is 9.57. The highest BCUT2D eigenvalue weighted by Gasteiger charge is 2.05. The predicted octanol–water partition coefficient (Wildman–Crippen LogP) is 3.32. The van der Waals surface area contributed by atoms with E-state index < -0.39 is 0 Å². The molecule has 80 valence electrons. The van der Waals surface area contributed by atoms with Gasteiger partial charge in [-0.1, -0.05) is 27.2 Å². The smallest absolute Gasteiger partial charge is 0.0542 e. The van der Waals surface area contributed by atoms with Crippen LogP contribution < -0.4 is 0 Å². The van der Waals surface area contributed by atoms with Crippen LogP contribution in [-0.4, -0.2) is 22.7 Å². The normalized spacial score (nSPS) is 13.6. The lowest BCUT2D eigenvalue weighted by Crippen LogP contribution is -2.09. The van der Waals surface area contributed by atoms with Crippen molar-refractivity contribution < 1.29 is 5.11 Å². The summed E-state index contributed by atoms with van der Waals surface area (Å²) < 4.78 is 0. The molecule has 13 heavy (non-hydrogen) atoms. The highest BCUT2D eigenvalue weighted by atomic mass is 32.2. The van der Waals surface area contributed by atoms with Crippen molar-refractivity contribution in [1.82, 2.24) is 0 Å². The Labute approximate surface area is 87.3 Å². The molecule has 0 aliphatic heterocycles. The van der Waals surface area contributed by atoms with E-state index >= 15 is 0 Å². The largest absolute Gasteiger partial charge is 0.393 e. The van der Waals surface area contributed by atoms with Crippen LogP contribution in [0.3, 0.4) is 0 Å². The molecule has 0 heterocycles. The summed E-state index contributed by atoms with van der Waals surface area (Å²) in [4.78, 5) is 0. The van der Waals surface area contributed by atoms with E-state index in [0.717, 1.165) is 12.8 Å². The van der Waals surface area contributed by atoms with Crippen molar-refractivity contribution in [3.63, 3.8) is 0 Å². The van der Waals surface area contributed by atoms with Gasteiger partial charge in [0.05, 0.1) is 6.10 Å². The standard InChI is InChI=1S/C11H24OS/c1-4-13-8-6-5-7-11(12)9-10(2)3/h10-12H,4-9H2,1-3H3. The SMILES string of the molecule is CCSCCCCC(O)CC(C)C. The molecule has 0 radical (unpaired) electrons. The third kappa shape index (κ3) is 10.2. The van der Waals surface area contributed by atoms with Crippen molar-refractivity contribution in [2.45, 2.75) is 52.6 Å². The first-order valence-electron chi connectivity index (χ1n) is 5.42. The minimum atomic E-state index is -0.0633. The molecule has 0 saturated carbocycles. The fourth-order valence-corrected chi connectivity index (χ4v) is 2.09. The maximum absolute atomic E-state index is 9.57. The van der Waals surface area contributed by atoms with Crippen molar-refractivity contribution in [2.75, 3.05) is 11.5 Å². The third-order valence-electron chi connectivity index (χ3n) is 2.02. The highest BCUT2D eigenvalue weighted by Crippen LogP contribution is 2.12. The molecular formula is C11H24OS. The van der Waals surface area contributed by atoms with Gasteiger partial charge in [0, 0.05) is 0 Å². The Balaban J connectivity index is 3.12. The minimum Gasteiger partial charge on any atom is -0.393 e. The van der Waals surface area contributed by atoms with Gasteiger partial charge in [0.1, 0.15) is 0 Å². The third-order valence-corrected chi connectivity index (χ3v) is 3.01. The van der Waals surface area contributed by atoms with Crippen molar-refractivity contribution in [2.24, 2.45) is 5.92 Å². The van der Waals surface area contributed by atoms with Crippen LogP contribution >= 0.6 is 11.8 Å². The summed E-state index contributed by atoms with van der Waals surface area (Å²) in [7, 11) is 0. The molecule has 1 unspecified atom stereocenters. The van der Waals surface area contributed by atoms with E-state index in [1.54, 1.807) is 0 Å². The van der Waals surface area contributed by atoms with E-state index in [0.29, 0.717) is 5.92 Å². The second-order valence-corrected chi connectivity index (χ2v) is 5.37. The lowest BCUT2D eigenvalue weighted by atomic mass is 10.0. The molecule has 1 nitrogen and oxygen atoms in total. The number of aliphatic hydroxyl groups is 1. The van der Waals surface area contributed by atoms with Crippen LogP contribution in [0, 0.1) is 5.92 Å². The predicted molar refractivity (Wildman–Crippen MR) is 62.3 cm³/mol. The van der Waals surface area contributed by atoms with Crippen LogP contribution in [-0.2, 0) is 0 Å². The number of rotatable bonds is 8. The monoisotopic (exact) mass is 204 g/mol. The van der Waals surface area contributed by atoms with Gasteiger partial charge in [-0.3, -0.25) is 0 Å². The molecule has 0 bridgehead atoms. The Morgan fingerprint density at radius 2 is 1.92 bits per heavy atom. The molecule has 0 spiro atoms. The van der Waals surface area contributed by atoms with Gasteiger partial charge in [-0.2, -0.15) is 11.8 Å². The van der Waals surface area contributed by atoms with Crippen LogP contribution in [0.2, 0.25) is 0 Å². The molecule has 0 amide bonds. The summed E-state index contributed by atoms with van der Waals surface area (Å²) in [5.41, 5.74) is 0. The Kier molecular flexibility index (Phi) is 9.10. The van der Waals surface area contributed by atoms with E-state index in [1.165, 1.54) is 24.3 Å². The Morgan fingerprint density at radius 3 is 2.46 bits per heavy atom. The summed E-state index contributed by atoms with van der Waals surface area (Å²) >= 11 is 1.99. The molecule has 0 aliphatic rings. The summed E-state index contributed by atoms with van der Waals surface area (Å²) in [6, 6.07) is 0.